The Morgan fingerprint density at radius 3 is 2.50 bits per heavy atom. The molecule has 3 rings (SSSR count). The molecule has 1 aromatic carbocycles. The van der Waals surface area contributed by atoms with Crippen LogP contribution >= 0.6 is 0 Å². The van der Waals surface area contributed by atoms with Crippen molar-refractivity contribution in [3.05, 3.63) is 34.6 Å². The molecular weight excluding hydrogens is 364 g/mol. The summed E-state index contributed by atoms with van der Waals surface area (Å²) in [5.41, 5.74) is 7.71. The molecule has 0 bridgehead atoms. The lowest BCUT2D eigenvalue weighted by Gasteiger charge is -2.15. The zero-order chi connectivity index (χ0) is 20.1. The largest absolute Gasteiger partial charge is 0.493 e. The first-order valence-corrected chi connectivity index (χ1v) is 9.02. The fraction of sp³-hybridized carbons (Fsp3) is 0.421. The zero-order valence-electron chi connectivity index (χ0n) is 16.2. The Morgan fingerprint density at radius 1 is 1.04 bits per heavy atom. The topological polar surface area (TPSA) is 115 Å². The lowest BCUT2D eigenvalue weighted by molar-refractivity contribution is -0.121. The second-order valence-electron chi connectivity index (χ2n) is 6.41. The van der Waals surface area contributed by atoms with E-state index >= 15 is 0 Å². The van der Waals surface area contributed by atoms with Gasteiger partial charge in [0, 0.05) is 16.8 Å². The summed E-state index contributed by atoms with van der Waals surface area (Å²) >= 11 is 0. The third kappa shape index (κ3) is 3.88. The van der Waals surface area contributed by atoms with Gasteiger partial charge >= 0.3 is 0 Å². The van der Waals surface area contributed by atoms with Crippen molar-refractivity contribution in [1.82, 2.24) is 21.0 Å². The van der Waals surface area contributed by atoms with Gasteiger partial charge in [0.15, 0.2) is 17.2 Å². The van der Waals surface area contributed by atoms with Gasteiger partial charge in [0.1, 0.15) is 0 Å². The normalized spacial score (nSPS) is 12.7. The van der Waals surface area contributed by atoms with E-state index in [4.69, 9.17) is 14.2 Å². The van der Waals surface area contributed by atoms with Crippen LogP contribution in [0.25, 0.3) is 0 Å². The van der Waals surface area contributed by atoms with E-state index in [1.165, 1.54) is 21.3 Å². The van der Waals surface area contributed by atoms with Gasteiger partial charge in [-0.3, -0.25) is 25.5 Å². The second kappa shape index (κ2) is 8.64. The fourth-order valence-electron chi connectivity index (χ4n) is 3.37. The molecule has 1 aliphatic carbocycles. The van der Waals surface area contributed by atoms with Crippen LogP contribution in [-0.2, 0) is 24.1 Å². The van der Waals surface area contributed by atoms with Crippen LogP contribution in [0, 0.1) is 0 Å². The third-order valence-corrected chi connectivity index (χ3v) is 4.72. The smallest absolute Gasteiger partial charge is 0.290 e. The van der Waals surface area contributed by atoms with Crippen molar-refractivity contribution >= 4 is 11.8 Å². The van der Waals surface area contributed by atoms with Gasteiger partial charge in [-0.2, -0.15) is 5.10 Å². The Kier molecular flexibility index (Phi) is 6.03. The van der Waals surface area contributed by atoms with Crippen molar-refractivity contribution in [2.45, 2.75) is 32.1 Å². The van der Waals surface area contributed by atoms with Crippen LogP contribution in [0.3, 0.4) is 0 Å². The molecule has 1 heterocycles. The van der Waals surface area contributed by atoms with E-state index in [1.54, 1.807) is 12.1 Å². The van der Waals surface area contributed by atoms with Gasteiger partial charge in [-0.1, -0.05) is 6.07 Å². The highest BCUT2D eigenvalue weighted by atomic mass is 16.5. The highest BCUT2D eigenvalue weighted by Gasteiger charge is 2.22. The summed E-state index contributed by atoms with van der Waals surface area (Å²) in [7, 11) is 4.50. The number of nitrogens with one attached hydrogen (secondary N) is 3. The van der Waals surface area contributed by atoms with Gasteiger partial charge < -0.3 is 14.2 Å². The van der Waals surface area contributed by atoms with Crippen molar-refractivity contribution in [3.8, 4) is 17.2 Å². The molecule has 150 valence electrons. The first kappa shape index (κ1) is 19.5. The number of H-pyrrole nitrogens is 1. The minimum Gasteiger partial charge on any atom is -0.493 e. The lowest BCUT2D eigenvalue weighted by Crippen LogP contribution is -2.42. The summed E-state index contributed by atoms with van der Waals surface area (Å²) < 4.78 is 15.9. The number of carbonyl (C=O) groups is 2. The van der Waals surface area contributed by atoms with Gasteiger partial charge in [-0.25, -0.2) is 0 Å². The number of benzene rings is 1. The number of amides is 2. The standard InChI is InChI=1S/C19H24N4O5/c1-26-14-9-8-11(17(27-2)18(14)28-3)10-15(24)21-23-19(25)16-12-6-4-5-7-13(12)20-22-16/h8-9H,4-7,10H2,1-3H3,(H,20,22)(H,21,24)(H,23,25). The number of hydrazine groups is 1. The molecule has 0 spiro atoms. The predicted molar refractivity (Wildman–Crippen MR) is 101 cm³/mol. The number of hydrogen-bond acceptors (Lipinski definition) is 6. The first-order valence-electron chi connectivity index (χ1n) is 9.02. The third-order valence-electron chi connectivity index (χ3n) is 4.72. The second-order valence-corrected chi connectivity index (χ2v) is 6.41. The maximum atomic E-state index is 12.4. The Morgan fingerprint density at radius 2 is 1.79 bits per heavy atom. The SMILES string of the molecule is COc1ccc(CC(=O)NNC(=O)c2n[nH]c3c2CCCC3)c(OC)c1OC. The van der Waals surface area contributed by atoms with Gasteiger partial charge in [-0.05, 0) is 31.7 Å². The maximum absolute atomic E-state index is 12.4. The summed E-state index contributed by atoms with van der Waals surface area (Å²) in [4.78, 5) is 24.7. The van der Waals surface area contributed by atoms with Crippen LogP contribution < -0.4 is 25.1 Å². The minimum absolute atomic E-state index is 0.0114. The highest BCUT2D eigenvalue weighted by molar-refractivity contribution is 5.95. The molecule has 2 aromatic rings. The molecule has 2 amide bonds. The molecule has 1 aromatic heterocycles. The van der Waals surface area contributed by atoms with E-state index in [1.807, 2.05) is 0 Å². The number of hydrogen-bond donors (Lipinski definition) is 3. The van der Waals surface area contributed by atoms with E-state index in [9.17, 15) is 9.59 Å². The van der Waals surface area contributed by atoms with Crippen LogP contribution in [0.1, 0.15) is 40.2 Å². The van der Waals surface area contributed by atoms with Gasteiger partial charge in [0.25, 0.3) is 5.91 Å². The minimum atomic E-state index is -0.438. The number of aromatic amines is 1. The summed E-state index contributed by atoms with van der Waals surface area (Å²) in [5, 5.41) is 7.00. The Bertz CT molecular complexity index is 877. The van der Waals surface area contributed by atoms with E-state index in [0.717, 1.165) is 36.9 Å². The van der Waals surface area contributed by atoms with Crippen molar-refractivity contribution < 1.29 is 23.8 Å². The highest BCUT2D eigenvalue weighted by Crippen LogP contribution is 2.39. The lowest BCUT2D eigenvalue weighted by atomic mass is 9.96. The van der Waals surface area contributed by atoms with Crippen molar-refractivity contribution in [2.24, 2.45) is 0 Å². The molecule has 0 atom stereocenters. The molecule has 3 N–H and O–H groups in total. The number of nitrogens with zero attached hydrogens (tertiary/aromatic N) is 1. The van der Waals surface area contributed by atoms with Gasteiger partial charge in [-0.15, -0.1) is 0 Å². The van der Waals surface area contributed by atoms with Crippen LogP contribution in [0.2, 0.25) is 0 Å². The van der Waals surface area contributed by atoms with Crippen molar-refractivity contribution in [2.75, 3.05) is 21.3 Å². The monoisotopic (exact) mass is 388 g/mol. The van der Waals surface area contributed by atoms with Gasteiger partial charge in [0.2, 0.25) is 11.7 Å². The van der Waals surface area contributed by atoms with E-state index in [-0.39, 0.29) is 6.42 Å². The molecule has 9 nitrogen and oxygen atoms in total. The van der Waals surface area contributed by atoms with E-state index in [2.05, 4.69) is 21.0 Å². The fourth-order valence-corrected chi connectivity index (χ4v) is 3.37. The molecule has 0 aliphatic heterocycles. The molecule has 0 saturated carbocycles. The van der Waals surface area contributed by atoms with Crippen LogP contribution in [-0.4, -0.2) is 43.3 Å². The zero-order valence-corrected chi connectivity index (χ0v) is 16.2. The predicted octanol–water partition coefficient (Wildman–Crippen LogP) is 1.32. The van der Waals surface area contributed by atoms with Crippen LogP contribution in [0.15, 0.2) is 12.1 Å². The number of carbonyl (C=O) groups excluding carboxylic acids is 2. The molecule has 0 saturated heterocycles. The van der Waals surface area contributed by atoms with Crippen LogP contribution in [0.5, 0.6) is 17.2 Å². The number of ether oxygens (including phenoxy) is 3. The Labute approximate surface area is 162 Å². The molecular formula is C19H24N4O5. The average molecular weight is 388 g/mol. The quantitative estimate of drug-likeness (QED) is 0.643. The molecule has 9 heteroatoms. The maximum Gasteiger partial charge on any atom is 0.290 e. The summed E-state index contributed by atoms with van der Waals surface area (Å²) in [6.45, 7) is 0. The summed E-state index contributed by atoms with van der Waals surface area (Å²) in [6.07, 6.45) is 3.80. The number of fused-ring (bicyclic) bond motifs is 1. The average Bonchev–Trinajstić information content (AvgIpc) is 3.15. The summed E-state index contributed by atoms with van der Waals surface area (Å²) in [5.74, 6) is 0.475. The Hall–Kier alpha value is -3.23. The number of methoxy groups -OCH3 is 3. The van der Waals surface area contributed by atoms with Crippen molar-refractivity contribution in [3.63, 3.8) is 0 Å². The number of rotatable bonds is 6. The molecule has 0 unspecified atom stereocenters. The number of aryl methyl sites for hydroxylation is 1. The first-order chi connectivity index (χ1) is 13.6. The van der Waals surface area contributed by atoms with Gasteiger partial charge in [0.05, 0.1) is 27.8 Å². The molecule has 1 aliphatic rings. The van der Waals surface area contributed by atoms with E-state index in [0.29, 0.717) is 28.5 Å². The molecule has 28 heavy (non-hydrogen) atoms. The molecule has 0 fully saturated rings. The molecule has 0 radical (unpaired) electrons. The van der Waals surface area contributed by atoms with Crippen molar-refractivity contribution in [1.29, 1.82) is 0 Å². The van der Waals surface area contributed by atoms with Crippen LogP contribution in [0.4, 0.5) is 0 Å². The number of aromatic nitrogens is 2. The van der Waals surface area contributed by atoms with E-state index < -0.39 is 11.8 Å². The Balaban J connectivity index is 1.65. The summed E-state index contributed by atoms with van der Waals surface area (Å²) in [6, 6.07) is 3.41.